The van der Waals surface area contributed by atoms with Crippen molar-refractivity contribution in [1.29, 1.82) is 0 Å². The molecule has 1 fully saturated rings. The standard InChI is InChI=1S/C14H17NO3/c16-14(4-7-17-8-5-14)10-18-12-2-1-11-3-6-15-13(11)9-12/h1-3,6,9,15-16H,4-5,7-8,10H2. The third-order valence-electron chi connectivity index (χ3n) is 3.46. The largest absolute Gasteiger partial charge is 0.491 e. The van der Waals surface area contributed by atoms with Crippen molar-refractivity contribution in [3.05, 3.63) is 30.5 Å². The van der Waals surface area contributed by atoms with Crippen LogP contribution in [-0.4, -0.2) is 35.5 Å². The van der Waals surface area contributed by atoms with E-state index in [1.807, 2.05) is 30.5 Å². The molecule has 0 spiro atoms. The molecule has 1 aromatic heterocycles. The predicted molar refractivity (Wildman–Crippen MR) is 68.8 cm³/mol. The number of hydrogen-bond acceptors (Lipinski definition) is 3. The van der Waals surface area contributed by atoms with Crippen molar-refractivity contribution in [1.82, 2.24) is 4.98 Å². The van der Waals surface area contributed by atoms with E-state index in [1.54, 1.807) is 0 Å². The summed E-state index contributed by atoms with van der Waals surface area (Å²) in [4.78, 5) is 3.14. The van der Waals surface area contributed by atoms with Gasteiger partial charge in [-0.15, -0.1) is 0 Å². The Hall–Kier alpha value is -1.52. The van der Waals surface area contributed by atoms with Crippen LogP contribution in [0, 0.1) is 0 Å². The summed E-state index contributed by atoms with van der Waals surface area (Å²) in [5.41, 5.74) is 0.301. The topological polar surface area (TPSA) is 54.5 Å². The number of ether oxygens (including phenoxy) is 2. The molecule has 0 bridgehead atoms. The Morgan fingerprint density at radius 2 is 2.11 bits per heavy atom. The van der Waals surface area contributed by atoms with Crippen molar-refractivity contribution in [3.63, 3.8) is 0 Å². The molecule has 4 nitrogen and oxygen atoms in total. The van der Waals surface area contributed by atoms with Crippen LogP contribution in [0.25, 0.3) is 10.9 Å². The van der Waals surface area contributed by atoms with E-state index in [-0.39, 0.29) is 0 Å². The maximum absolute atomic E-state index is 10.3. The molecule has 4 heteroatoms. The summed E-state index contributed by atoms with van der Waals surface area (Å²) in [6, 6.07) is 7.91. The van der Waals surface area contributed by atoms with Crippen molar-refractivity contribution >= 4 is 10.9 Å². The lowest BCUT2D eigenvalue weighted by molar-refractivity contribution is -0.0855. The van der Waals surface area contributed by atoms with Gasteiger partial charge >= 0.3 is 0 Å². The van der Waals surface area contributed by atoms with Crippen molar-refractivity contribution < 1.29 is 14.6 Å². The highest BCUT2D eigenvalue weighted by Gasteiger charge is 2.30. The fraction of sp³-hybridized carbons (Fsp3) is 0.429. The SMILES string of the molecule is OC1(COc2ccc3cc[nH]c3c2)CCOCC1. The molecular formula is C14H17NO3. The average Bonchev–Trinajstić information content (AvgIpc) is 2.85. The lowest BCUT2D eigenvalue weighted by atomic mass is 9.96. The highest BCUT2D eigenvalue weighted by atomic mass is 16.5. The Bertz CT molecular complexity index is 529. The average molecular weight is 247 g/mol. The van der Waals surface area contributed by atoms with E-state index in [4.69, 9.17) is 9.47 Å². The number of aliphatic hydroxyl groups is 1. The van der Waals surface area contributed by atoms with Crippen molar-refractivity contribution in [2.24, 2.45) is 0 Å². The van der Waals surface area contributed by atoms with Crippen LogP contribution >= 0.6 is 0 Å². The van der Waals surface area contributed by atoms with Gasteiger partial charge in [0.2, 0.25) is 0 Å². The van der Waals surface area contributed by atoms with Gasteiger partial charge in [0.1, 0.15) is 18.0 Å². The molecule has 0 atom stereocenters. The summed E-state index contributed by atoms with van der Waals surface area (Å²) in [6.45, 7) is 1.54. The molecule has 2 N–H and O–H groups in total. The van der Waals surface area contributed by atoms with E-state index in [0.29, 0.717) is 32.7 Å². The third kappa shape index (κ3) is 2.35. The molecule has 1 saturated heterocycles. The minimum absolute atomic E-state index is 0.322. The zero-order valence-electron chi connectivity index (χ0n) is 10.2. The summed E-state index contributed by atoms with van der Waals surface area (Å²) in [6.07, 6.45) is 3.18. The second kappa shape index (κ2) is 4.63. The van der Waals surface area contributed by atoms with Gasteiger partial charge < -0.3 is 19.6 Å². The number of aromatic amines is 1. The van der Waals surface area contributed by atoms with Gasteiger partial charge in [-0.2, -0.15) is 0 Å². The summed E-state index contributed by atoms with van der Waals surface area (Å²) in [5.74, 6) is 0.782. The Kier molecular flexibility index (Phi) is 2.97. The lowest BCUT2D eigenvalue weighted by Crippen LogP contribution is -2.41. The van der Waals surface area contributed by atoms with Gasteiger partial charge in [-0.3, -0.25) is 0 Å². The first-order chi connectivity index (χ1) is 8.75. The van der Waals surface area contributed by atoms with Gasteiger partial charge in [0.25, 0.3) is 0 Å². The van der Waals surface area contributed by atoms with Gasteiger partial charge in [-0.25, -0.2) is 0 Å². The number of nitrogens with one attached hydrogen (secondary N) is 1. The predicted octanol–water partition coefficient (Wildman–Crippen LogP) is 2.09. The summed E-state index contributed by atoms with van der Waals surface area (Å²) in [5, 5.41) is 11.5. The number of hydrogen-bond donors (Lipinski definition) is 2. The molecule has 1 aliphatic rings. The Balaban J connectivity index is 1.68. The van der Waals surface area contributed by atoms with E-state index in [2.05, 4.69) is 4.98 Å². The van der Waals surface area contributed by atoms with Crippen LogP contribution < -0.4 is 4.74 Å². The van der Waals surface area contributed by atoms with Crippen LogP contribution in [0.4, 0.5) is 0 Å². The molecule has 1 aromatic carbocycles. The van der Waals surface area contributed by atoms with Crippen LogP contribution in [0.2, 0.25) is 0 Å². The molecule has 2 heterocycles. The first kappa shape index (κ1) is 11.6. The molecule has 18 heavy (non-hydrogen) atoms. The fourth-order valence-corrected chi connectivity index (χ4v) is 2.23. The first-order valence-corrected chi connectivity index (χ1v) is 6.25. The van der Waals surface area contributed by atoms with Gasteiger partial charge in [0, 0.05) is 43.8 Å². The molecule has 2 aromatic rings. The number of fused-ring (bicyclic) bond motifs is 1. The molecule has 1 aliphatic heterocycles. The van der Waals surface area contributed by atoms with Crippen LogP contribution in [0.1, 0.15) is 12.8 Å². The van der Waals surface area contributed by atoms with Crippen molar-refractivity contribution in [2.45, 2.75) is 18.4 Å². The highest BCUT2D eigenvalue weighted by molar-refractivity contribution is 5.80. The van der Waals surface area contributed by atoms with E-state index < -0.39 is 5.60 Å². The maximum Gasteiger partial charge on any atom is 0.121 e. The minimum Gasteiger partial charge on any atom is -0.491 e. The van der Waals surface area contributed by atoms with Crippen LogP contribution in [0.3, 0.4) is 0 Å². The molecule has 96 valence electrons. The maximum atomic E-state index is 10.3. The van der Waals surface area contributed by atoms with Crippen LogP contribution in [0.5, 0.6) is 5.75 Å². The number of aromatic nitrogens is 1. The Labute approximate surface area is 106 Å². The van der Waals surface area contributed by atoms with Gasteiger partial charge in [0.15, 0.2) is 0 Å². The van der Waals surface area contributed by atoms with E-state index in [9.17, 15) is 5.11 Å². The van der Waals surface area contributed by atoms with Gasteiger partial charge in [-0.1, -0.05) is 0 Å². The van der Waals surface area contributed by atoms with Crippen molar-refractivity contribution in [3.8, 4) is 5.75 Å². The molecular weight excluding hydrogens is 230 g/mol. The second-order valence-corrected chi connectivity index (χ2v) is 4.85. The van der Waals surface area contributed by atoms with E-state index >= 15 is 0 Å². The normalized spacial score (nSPS) is 18.9. The number of rotatable bonds is 3. The fourth-order valence-electron chi connectivity index (χ4n) is 2.23. The number of H-pyrrole nitrogens is 1. The molecule has 0 amide bonds. The highest BCUT2D eigenvalue weighted by Crippen LogP contribution is 2.24. The van der Waals surface area contributed by atoms with E-state index in [1.165, 1.54) is 0 Å². The number of benzene rings is 1. The molecule has 0 aliphatic carbocycles. The Morgan fingerprint density at radius 1 is 1.28 bits per heavy atom. The smallest absolute Gasteiger partial charge is 0.121 e. The molecule has 0 unspecified atom stereocenters. The second-order valence-electron chi connectivity index (χ2n) is 4.85. The van der Waals surface area contributed by atoms with E-state index in [0.717, 1.165) is 16.7 Å². The van der Waals surface area contributed by atoms with Crippen molar-refractivity contribution in [2.75, 3.05) is 19.8 Å². The molecule has 3 rings (SSSR count). The zero-order valence-corrected chi connectivity index (χ0v) is 10.2. The molecule has 0 radical (unpaired) electrons. The minimum atomic E-state index is -0.747. The van der Waals surface area contributed by atoms with Gasteiger partial charge in [0.05, 0.1) is 0 Å². The van der Waals surface area contributed by atoms with Crippen LogP contribution in [-0.2, 0) is 4.74 Å². The lowest BCUT2D eigenvalue weighted by Gasteiger charge is -2.31. The summed E-state index contributed by atoms with van der Waals surface area (Å²) < 4.78 is 10.9. The first-order valence-electron chi connectivity index (χ1n) is 6.25. The summed E-state index contributed by atoms with van der Waals surface area (Å²) >= 11 is 0. The van der Waals surface area contributed by atoms with Gasteiger partial charge in [-0.05, 0) is 23.6 Å². The van der Waals surface area contributed by atoms with Crippen LogP contribution in [0.15, 0.2) is 30.5 Å². The summed E-state index contributed by atoms with van der Waals surface area (Å²) in [7, 11) is 0. The molecule has 0 saturated carbocycles. The third-order valence-corrected chi connectivity index (χ3v) is 3.46. The quantitative estimate of drug-likeness (QED) is 0.873. The zero-order chi connectivity index (χ0) is 12.4. The Morgan fingerprint density at radius 3 is 2.94 bits per heavy atom. The monoisotopic (exact) mass is 247 g/mol.